The van der Waals surface area contributed by atoms with Crippen LogP contribution >= 0.6 is 0 Å². The van der Waals surface area contributed by atoms with Crippen LogP contribution in [-0.4, -0.2) is 5.78 Å². The second-order valence-electron chi connectivity index (χ2n) is 5.09. The minimum Gasteiger partial charge on any atom is -0.295 e. The Morgan fingerprint density at radius 3 is 2.33 bits per heavy atom. The van der Waals surface area contributed by atoms with E-state index in [-0.39, 0.29) is 5.78 Å². The van der Waals surface area contributed by atoms with Crippen LogP contribution in [0.1, 0.15) is 60.3 Å². The van der Waals surface area contributed by atoms with Gasteiger partial charge >= 0.3 is 0 Å². The van der Waals surface area contributed by atoms with Gasteiger partial charge in [-0.2, -0.15) is 0 Å². The van der Waals surface area contributed by atoms with Gasteiger partial charge in [0, 0.05) is 6.42 Å². The van der Waals surface area contributed by atoms with Crippen LogP contribution in [-0.2, 0) is 4.79 Å². The maximum absolute atomic E-state index is 11.2. The van der Waals surface area contributed by atoms with Crippen molar-refractivity contribution in [3.8, 4) is 0 Å². The largest absolute Gasteiger partial charge is 0.295 e. The molecule has 1 unspecified atom stereocenters. The SMILES string of the molecule is CCC(=O)/C=C(C)/C=C/CC(C)C/C=C(\C)CC. The van der Waals surface area contributed by atoms with Crippen LogP contribution in [0, 0.1) is 5.92 Å². The van der Waals surface area contributed by atoms with Crippen LogP contribution in [0.2, 0.25) is 0 Å². The van der Waals surface area contributed by atoms with Gasteiger partial charge in [0.15, 0.2) is 5.78 Å². The monoisotopic (exact) mass is 248 g/mol. The van der Waals surface area contributed by atoms with Crippen molar-refractivity contribution in [2.24, 2.45) is 5.92 Å². The van der Waals surface area contributed by atoms with Crippen LogP contribution < -0.4 is 0 Å². The number of carbonyl (C=O) groups is 1. The standard InChI is InChI=1S/C17H28O/c1-6-14(3)11-12-15(4)9-8-10-16(5)13-17(18)7-2/h8,10-11,13,15H,6-7,9,12H2,1-5H3/b10-8+,14-11+,16-13+. The third-order valence-corrected chi connectivity index (χ3v) is 3.08. The summed E-state index contributed by atoms with van der Waals surface area (Å²) in [5.41, 5.74) is 2.52. The van der Waals surface area contributed by atoms with E-state index in [1.807, 2.05) is 13.8 Å². The fraction of sp³-hybridized carbons (Fsp3) is 0.588. The Morgan fingerprint density at radius 1 is 1.11 bits per heavy atom. The van der Waals surface area contributed by atoms with E-state index < -0.39 is 0 Å². The highest BCUT2D eigenvalue weighted by Crippen LogP contribution is 2.12. The Labute approximate surface area is 113 Å². The minimum absolute atomic E-state index is 0.201. The molecule has 0 aliphatic carbocycles. The first-order valence-electron chi connectivity index (χ1n) is 7.02. The normalized spacial score (nSPS) is 15.2. The summed E-state index contributed by atoms with van der Waals surface area (Å²) in [6.07, 6.45) is 12.2. The second kappa shape index (κ2) is 9.87. The fourth-order valence-electron chi connectivity index (χ4n) is 1.53. The van der Waals surface area contributed by atoms with Crippen molar-refractivity contribution in [2.75, 3.05) is 0 Å². The molecule has 0 spiro atoms. The van der Waals surface area contributed by atoms with E-state index >= 15 is 0 Å². The molecule has 102 valence electrons. The first-order valence-corrected chi connectivity index (χ1v) is 7.02. The van der Waals surface area contributed by atoms with Crippen LogP contribution in [0.15, 0.2) is 35.5 Å². The van der Waals surface area contributed by atoms with Crippen LogP contribution in [0.4, 0.5) is 0 Å². The minimum atomic E-state index is 0.201. The number of carbonyl (C=O) groups excluding carboxylic acids is 1. The summed E-state index contributed by atoms with van der Waals surface area (Å²) in [5.74, 6) is 0.865. The summed E-state index contributed by atoms with van der Waals surface area (Å²) >= 11 is 0. The molecule has 0 N–H and O–H groups in total. The van der Waals surface area contributed by atoms with E-state index in [0.717, 1.165) is 24.8 Å². The van der Waals surface area contributed by atoms with E-state index in [1.54, 1.807) is 6.08 Å². The summed E-state index contributed by atoms with van der Waals surface area (Å²) in [7, 11) is 0. The zero-order chi connectivity index (χ0) is 14.0. The van der Waals surface area contributed by atoms with Crippen LogP contribution in [0.25, 0.3) is 0 Å². The molecule has 0 aromatic carbocycles. The van der Waals surface area contributed by atoms with Gasteiger partial charge in [-0.05, 0) is 50.7 Å². The van der Waals surface area contributed by atoms with Crippen molar-refractivity contribution in [3.05, 3.63) is 35.5 Å². The molecule has 0 aliphatic rings. The van der Waals surface area contributed by atoms with Crippen LogP contribution in [0.5, 0.6) is 0 Å². The van der Waals surface area contributed by atoms with Gasteiger partial charge in [0.2, 0.25) is 0 Å². The molecule has 0 heterocycles. The van der Waals surface area contributed by atoms with Crippen molar-refractivity contribution in [2.45, 2.75) is 60.3 Å². The molecule has 0 radical (unpaired) electrons. The third-order valence-electron chi connectivity index (χ3n) is 3.08. The van der Waals surface area contributed by atoms with Gasteiger partial charge in [-0.15, -0.1) is 0 Å². The molecular formula is C17H28O. The summed E-state index contributed by atoms with van der Waals surface area (Å²) in [6, 6.07) is 0. The van der Waals surface area contributed by atoms with Gasteiger partial charge in [0.25, 0.3) is 0 Å². The van der Waals surface area contributed by atoms with Crippen molar-refractivity contribution < 1.29 is 4.79 Å². The van der Waals surface area contributed by atoms with Crippen molar-refractivity contribution in [3.63, 3.8) is 0 Å². The molecule has 0 saturated carbocycles. The summed E-state index contributed by atoms with van der Waals surface area (Å²) < 4.78 is 0. The summed E-state index contributed by atoms with van der Waals surface area (Å²) in [5, 5.41) is 0. The lowest BCUT2D eigenvalue weighted by molar-refractivity contribution is -0.114. The molecule has 0 aromatic rings. The van der Waals surface area contributed by atoms with E-state index in [9.17, 15) is 4.79 Å². The van der Waals surface area contributed by atoms with Crippen molar-refractivity contribution in [1.82, 2.24) is 0 Å². The van der Waals surface area contributed by atoms with Gasteiger partial charge in [0.1, 0.15) is 0 Å². The highest BCUT2D eigenvalue weighted by molar-refractivity contribution is 5.90. The smallest absolute Gasteiger partial charge is 0.155 e. The van der Waals surface area contributed by atoms with Crippen LogP contribution in [0.3, 0.4) is 0 Å². The maximum Gasteiger partial charge on any atom is 0.155 e. The third kappa shape index (κ3) is 8.98. The first kappa shape index (κ1) is 16.9. The topological polar surface area (TPSA) is 17.1 Å². The first-order chi connectivity index (χ1) is 8.49. The number of allylic oxidation sites excluding steroid dienone is 6. The number of hydrogen-bond acceptors (Lipinski definition) is 1. The quantitative estimate of drug-likeness (QED) is 0.326. The second-order valence-corrected chi connectivity index (χ2v) is 5.09. The molecule has 0 saturated heterocycles. The van der Waals surface area contributed by atoms with Gasteiger partial charge in [-0.1, -0.05) is 44.6 Å². The lowest BCUT2D eigenvalue weighted by Crippen LogP contribution is -1.91. The molecule has 1 heteroatoms. The lowest BCUT2D eigenvalue weighted by Gasteiger charge is -2.05. The van der Waals surface area contributed by atoms with E-state index in [1.165, 1.54) is 5.57 Å². The maximum atomic E-state index is 11.2. The summed E-state index contributed by atoms with van der Waals surface area (Å²) in [4.78, 5) is 11.2. The molecule has 18 heavy (non-hydrogen) atoms. The Balaban J connectivity index is 4.09. The van der Waals surface area contributed by atoms with E-state index in [0.29, 0.717) is 12.3 Å². The van der Waals surface area contributed by atoms with Gasteiger partial charge < -0.3 is 0 Å². The lowest BCUT2D eigenvalue weighted by atomic mass is 10.0. The molecule has 1 atom stereocenters. The Hall–Kier alpha value is -1.11. The number of hydrogen-bond donors (Lipinski definition) is 0. The molecule has 0 bridgehead atoms. The molecular weight excluding hydrogens is 220 g/mol. The molecule has 0 amide bonds. The highest BCUT2D eigenvalue weighted by atomic mass is 16.1. The molecule has 0 aliphatic heterocycles. The number of rotatable bonds is 8. The van der Waals surface area contributed by atoms with E-state index in [4.69, 9.17) is 0 Å². The average molecular weight is 248 g/mol. The Kier molecular flexibility index (Phi) is 9.26. The van der Waals surface area contributed by atoms with Gasteiger partial charge in [-0.3, -0.25) is 4.79 Å². The summed E-state index contributed by atoms with van der Waals surface area (Å²) in [6.45, 7) is 10.5. The zero-order valence-electron chi connectivity index (χ0n) is 12.6. The van der Waals surface area contributed by atoms with Gasteiger partial charge in [0.05, 0.1) is 0 Å². The zero-order valence-corrected chi connectivity index (χ0v) is 12.6. The average Bonchev–Trinajstić information content (AvgIpc) is 2.35. The Bertz CT molecular complexity index is 332. The number of ketones is 1. The highest BCUT2D eigenvalue weighted by Gasteiger charge is 1.97. The molecule has 0 rings (SSSR count). The van der Waals surface area contributed by atoms with Crippen molar-refractivity contribution in [1.29, 1.82) is 0 Å². The van der Waals surface area contributed by atoms with E-state index in [2.05, 4.69) is 39.0 Å². The predicted octanol–water partition coefficient (Wildman–Crippen LogP) is 5.24. The molecule has 1 nitrogen and oxygen atoms in total. The van der Waals surface area contributed by atoms with Crippen molar-refractivity contribution >= 4 is 5.78 Å². The Morgan fingerprint density at radius 2 is 1.78 bits per heavy atom. The fourth-order valence-corrected chi connectivity index (χ4v) is 1.53. The van der Waals surface area contributed by atoms with Gasteiger partial charge in [-0.25, -0.2) is 0 Å². The molecule has 0 aromatic heterocycles. The predicted molar refractivity (Wildman–Crippen MR) is 80.6 cm³/mol. The molecule has 0 fully saturated rings.